The van der Waals surface area contributed by atoms with Gasteiger partial charge in [0.1, 0.15) is 0 Å². The van der Waals surface area contributed by atoms with Crippen molar-refractivity contribution < 1.29 is 4.74 Å². The van der Waals surface area contributed by atoms with Crippen LogP contribution in [0.25, 0.3) is 0 Å². The van der Waals surface area contributed by atoms with Crippen molar-refractivity contribution in [2.75, 3.05) is 25.6 Å². The lowest BCUT2D eigenvalue weighted by Gasteiger charge is -2.36. The number of halogens is 1. The van der Waals surface area contributed by atoms with Crippen molar-refractivity contribution in [1.82, 2.24) is 9.88 Å². The van der Waals surface area contributed by atoms with Gasteiger partial charge in [0.25, 0.3) is 5.56 Å². The molecule has 0 aliphatic carbocycles. The normalized spacial score (nSPS) is 18.7. The van der Waals surface area contributed by atoms with Gasteiger partial charge >= 0.3 is 0 Å². The highest BCUT2D eigenvalue weighted by atomic mass is 35.5. The molecule has 18 heavy (non-hydrogen) atoms. The quantitative estimate of drug-likeness (QED) is 0.819. The van der Waals surface area contributed by atoms with Crippen molar-refractivity contribution in [2.45, 2.75) is 24.9 Å². The summed E-state index contributed by atoms with van der Waals surface area (Å²) in [6, 6.07) is 5.20. The highest BCUT2D eigenvalue weighted by molar-refractivity contribution is 6.18. The first-order valence-corrected chi connectivity index (χ1v) is 6.83. The van der Waals surface area contributed by atoms with Gasteiger partial charge in [0, 0.05) is 50.0 Å². The van der Waals surface area contributed by atoms with Crippen LogP contribution in [0.3, 0.4) is 0 Å². The minimum Gasteiger partial charge on any atom is -0.381 e. The Kier molecular flexibility index (Phi) is 4.80. The minimum atomic E-state index is -0.0296. The van der Waals surface area contributed by atoms with Crippen molar-refractivity contribution in [3.63, 3.8) is 0 Å². The first kappa shape index (κ1) is 13.6. The molecule has 5 heteroatoms. The van der Waals surface area contributed by atoms with E-state index in [4.69, 9.17) is 16.3 Å². The minimum absolute atomic E-state index is 0.0296. The zero-order valence-electron chi connectivity index (χ0n) is 10.4. The van der Waals surface area contributed by atoms with Crippen LogP contribution >= 0.6 is 11.6 Å². The van der Waals surface area contributed by atoms with E-state index in [1.807, 2.05) is 6.07 Å². The second-order valence-corrected chi connectivity index (χ2v) is 4.95. The van der Waals surface area contributed by atoms with Crippen molar-refractivity contribution in [2.24, 2.45) is 0 Å². The fraction of sp³-hybridized carbons (Fsp3) is 0.615. The van der Waals surface area contributed by atoms with Gasteiger partial charge in [-0.25, -0.2) is 0 Å². The average molecular weight is 271 g/mol. The molecule has 1 saturated heterocycles. The Morgan fingerprint density at radius 2 is 2.17 bits per heavy atom. The van der Waals surface area contributed by atoms with Gasteiger partial charge in [-0.2, -0.15) is 0 Å². The maximum absolute atomic E-state index is 11.5. The predicted molar refractivity (Wildman–Crippen MR) is 72.2 cm³/mol. The molecule has 1 N–H and O–H groups in total. The molecule has 0 bridgehead atoms. The highest BCUT2D eigenvalue weighted by Crippen LogP contribution is 2.21. The number of aromatic nitrogens is 1. The van der Waals surface area contributed by atoms with E-state index in [1.54, 1.807) is 22.9 Å². The second-order valence-electron chi connectivity index (χ2n) is 4.69. The van der Waals surface area contributed by atoms with E-state index < -0.39 is 0 Å². The number of ether oxygens (including phenoxy) is 1. The summed E-state index contributed by atoms with van der Waals surface area (Å²) in [6.07, 6.45) is 3.67. The number of rotatable bonds is 5. The fourth-order valence-corrected chi connectivity index (χ4v) is 2.57. The number of pyridine rings is 1. The van der Waals surface area contributed by atoms with Crippen molar-refractivity contribution in [3.8, 4) is 0 Å². The van der Waals surface area contributed by atoms with Crippen LogP contribution in [-0.2, 0) is 11.3 Å². The molecule has 1 fully saturated rings. The lowest BCUT2D eigenvalue weighted by atomic mass is 9.92. The Hall–Kier alpha value is -0.840. The third kappa shape index (κ3) is 3.34. The molecule has 0 radical (unpaired) electrons. The maximum atomic E-state index is 11.5. The number of nitrogens with one attached hydrogen (secondary N) is 1. The van der Waals surface area contributed by atoms with Gasteiger partial charge < -0.3 is 14.6 Å². The van der Waals surface area contributed by atoms with Gasteiger partial charge in [0.2, 0.25) is 0 Å². The van der Waals surface area contributed by atoms with E-state index in [0.717, 1.165) is 32.6 Å². The van der Waals surface area contributed by atoms with Gasteiger partial charge in [0.05, 0.1) is 0 Å². The molecule has 0 spiro atoms. The summed E-state index contributed by atoms with van der Waals surface area (Å²) in [5.41, 5.74) is 0.00395. The van der Waals surface area contributed by atoms with Crippen LogP contribution in [0.1, 0.15) is 12.8 Å². The molecule has 0 atom stereocenters. The molecule has 4 nitrogen and oxygen atoms in total. The molecule has 0 amide bonds. The Labute approximate surface area is 112 Å². The zero-order chi connectivity index (χ0) is 12.8. The van der Waals surface area contributed by atoms with Gasteiger partial charge in [-0.15, -0.1) is 11.6 Å². The molecule has 0 aromatic carbocycles. The molecule has 1 aliphatic heterocycles. The van der Waals surface area contributed by atoms with Gasteiger partial charge in [0.15, 0.2) is 0 Å². The molecule has 100 valence electrons. The van der Waals surface area contributed by atoms with E-state index in [1.165, 1.54) is 0 Å². The van der Waals surface area contributed by atoms with Crippen LogP contribution in [0.15, 0.2) is 29.2 Å². The van der Waals surface area contributed by atoms with Gasteiger partial charge in [-0.05, 0) is 18.9 Å². The Morgan fingerprint density at radius 3 is 2.83 bits per heavy atom. The summed E-state index contributed by atoms with van der Waals surface area (Å²) < 4.78 is 7.06. The number of hydrogen-bond donors (Lipinski definition) is 1. The van der Waals surface area contributed by atoms with Crippen LogP contribution in [0.2, 0.25) is 0 Å². The zero-order valence-corrected chi connectivity index (χ0v) is 11.2. The highest BCUT2D eigenvalue weighted by Gasteiger charge is 2.30. The Morgan fingerprint density at radius 1 is 1.39 bits per heavy atom. The van der Waals surface area contributed by atoms with Crippen LogP contribution in [0, 0.1) is 0 Å². The van der Waals surface area contributed by atoms with Crippen molar-refractivity contribution >= 4 is 11.6 Å². The molecule has 0 unspecified atom stereocenters. The standard InChI is InChI=1S/C13H19ClN2O2/c14-11-13(4-9-18-10-5-13)15-6-8-16-7-2-1-3-12(16)17/h1-3,7,15H,4-6,8-11H2. The molecule has 1 aliphatic rings. The number of hydrogen-bond acceptors (Lipinski definition) is 3. The Balaban J connectivity index is 1.87. The molecule has 2 rings (SSSR count). The summed E-state index contributed by atoms with van der Waals surface area (Å²) in [5, 5.41) is 3.49. The summed E-state index contributed by atoms with van der Waals surface area (Å²) >= 11 is 6.06. The smallest absolute Gasteiger partial charge is 0.250 e. The first-order valence-electron chi connectivity index (χ1n) is 6.30. The van der Waals surface area contributed by atoms with E-state index in [-0.39, 0.29) is 11.1 Å². The largest absolute Gasteiger partial charge is 0.381 e. The maximum Gasteiger partial charge on any atom is 0.250 e. The first-order chi connectivity index (χ1) is 8.76. The third-order valence-electron chi connectivity index (χ3n) is 3.46. The molecule has 2 heterocycles. The average Bonchev–Trinajstić information content (AvgIpc) is 2.42. The molecule has 0 saturated carbocycles. The van der Waals surface area contributed by atoms with E-state index in [2.05, 4.69) is 5.32 Å². The topological polar surface area (TPSA) is 43.3 Å². The Bertz CT molecular complexity index is 427. The third-order valence-corrected chi connectivity index (χ3v) is 3.97. The lowest BCUT2D eigenvalue weighted by Crippen LogP contribution is -2.52. The fourth-order valence-electron chi connectivity index (χ4n) is 2.21. The molecular formula is C13H19ClN2O2. The van der Waals surface area contributed by atoms with Crippen molar-refractivity contribution in [1.29, 1.82) is 0 Å². The van der Waals surface area contributed by atoms with Crippen LogP contribution in [0.4, 0.5) is 0 Å². The van der Waals surface area contributed by atoms with Crippen LogP contribution in [-0.4, -0.2) is 35.7 Å². The lowest BCUT2D eigenvalue weighted by molar-refractivity contribution is 0.0464. The summed E-state index contributed by atoms with van der Waals surface area (Å²) in [7, 11) is 0. The monoisotopic (exact) mass is 270 g/mol. The van der Waals surface area contributed by atoms with E-state index in [0.29, 0.717) is 12.4 Å². The summed E-state index contributed by atoms with van der Waals surface area (Å²) in [6.45, 7) is 2.92. The summed E-state index contributed by atoms with van der Waals surface area (Å²) in [4.78, 5) is 11.5. The van der Waals surface area contributed by atoms with E-state index in [9.17, 15) is 4.79 Å². The number of alkyl halides is 1. The predicted octanol–water partition coefficient (Wildman–Crippen LogP) is 1.23. The summed E-state index contributed by atoms with van der Waals surface area (Å²) in [5.74, 6) is 0.583. The molecule has 1 aromatic rings. The van der Waals surface area contributed by atoms with Crippen LogP contribution in [0.5, 0.6) is 0 Å². The van der Waals surface area contributed by atoms with E-state index >= 15 is 0 Å². The van der Waals surface area contributed by atoms with Crippen molar-refractivity contribution in [3.05, 3.63) is 34.7 Å². The van der Waals surface area contributed by atoms with Gasteiger partial charge in [-0.3, -0.25) is 4.79 Å². The molecular weight excluding hydrogens is 252 g/mol. The number of nitrogens with zero attached hydrogens (tertiary/aromatic N) is 1. The van der Waals surface area contributed by atoms with Crippen LogP contribution < -0.4 is 10.9 Å². The SMILES string of the molecule is O=c1ccccn1CCNC1(CCl)CCOCC1. The molecule has 1 aromatic heterocycles. The van der Waals surface area contributed by atoms with Gasteiger partial charge in [-0.1, -0.05) is 6.07 Å². The second kappa shape index (κ2) is 6.36.